The number of nitrogens with zero attached hydrogens (tertiary/aromatic N) is 1. The minimum absolute atomic E-state index is 0.0640. The van der Waals surface area contributed by atoms with Gasteiger partial charge in [0, 0.05) is 17.8 Å². The van der Waals surface area contributed by atoms with Crippen LogP contribution in [0.15, 0.2) is 23.3 Å². The summed E-state index contributed by atoms with van der Waals surface area (Å²) in [5.74, 6) is 0. The first-order valence-corrected chi connectivity index (χ1v) is 5.92. The molecule has 0 atom stereocenters. The van der Waals surface area contributed by atoms with E-state index >= 15 is 0 Å². The van der Waals surface area contributed by atoms with Crippen molar-refractivity contribution in [3.63, 3.8) is 0 Å². The molecule has 2 amide bonds. The van der Waals surface area contributed by atoms with Crippen LogP contribution >= 0.6 is 11.3 Å². The summed E-state index contributed by atoms with van der Waals surface area (Å²) in [5, 5.41) is 7.73. The Morgan fingerprint density at radius 2 is 2.19 bits per heavy atom. The average molecular weight is 239 g/mol. The standard InChI is InChI=1S/C11H17N3OS/c1-8(11(2,3)4)7-13-9(15)14-10-12-5-6-16-10/h5-7H,1-4H3,(H2,12,13,14,15)/b8-7+. The Labute approximate surface area is 99.8 Å². The molecule has 16 heavy (non-hydrogen) atoms. The van der Waals surface area contributed by atoms with Crippen LogP contribution in [0.3, 0.4) is 0 Å². The third-order valence-electron chi connectivity index (χ3n) is 2.26. The van der Waals surface area contributed by atoms with E-state index in [-0.39, 0.29) is 11.4 Å². The van der Waals surface area contributed by atoms with Crippen molar-refractivity contribution in [2.45, 2.75) is 27.7 Å². The number of thiazole rings is 1. The third-order valence-corrected chi connectivity index (χ3v) is 2.94. The van der Waals surface area contributed by atoms with Crippen LogP contribution in [0.2, 0.25) is 0 Å². The van der Waals surface area contributed by atoms with Gasteiger partial charge in [-0.3, -0.25) is 5.32 Å². The number of hydrogen-bond acceptors (Lipinski definition) is 3. The number of carbonyl (C=O) groups is 1. The monoisotopic (exact) mass is 239 g/mol. The number of hydrogen-bond donors (Lipinski definition) is 2. The van der Waals surface area contributed by atoms with Crippen molar-refractivity contribution in [3.05, 3.63) is 23.3 Å². The van der Waals surface area contributed by atoms with Crippen LogP contribution in [-0.4, -0.2) is 11.0 Å². The molecule has 2 N–H and O–H groups in total. The molecule has 0 bridgehead atoms. The number of anilines is 1. The van der Waals surface area contributed by atoms with Crippen LogP contribution in [0.5, 0.6) is 0 Å². The molecular weight excluding hydrogens is 222 g/mol. The van der Waals surface area contributed by atoms with E-state index in [1.165, 1.54) is 11.3 Å². The molecule has 4 nitrogen and oxygen atoms in total. The summed E-state index contributed by atoms with van der Waals surface area (Å²) < 4.78 is 0. The largest absolute Gasteiger partial charge is 0.325 e. The number of aromatic nitrogens is 1. The van der Waals surface area contributed by atoms with Gasteiger partial charge in [-0.15, -0.1) is 11.3 Å². The van der Waals surface area contributed by atoms with Gasteiger partial charge in [0.05, 0.1) is 0 Å². The molecule has 0 aromatic carbocycles. The fourth-order valence-electron chi connectivity index (χ4n) is 0.809. The minimum Gasteiger partial charge on any atom is -0.314 e. The summed E-state index contributed by atoms with van der Waals surface area (Å²) in [4.78, 5) is 15.4. The summed E-state index contributed by atoms with van der Waals surface area (Å²) in [5.41, 5.74) is 1.18. The zero-order chi connectivity index (χ0) is 12.2. The molecule has 0 unspecified atom stereocenters. The molecule has 1 aromatic rings. The fourth-order valence-corrected chi connectivity index (χ4v) is 1.33. The van der Waals surface area contributed by atoms with Gasteiger partial charge in [0.2, 0.25) is 0 Å². The van der Waals surface area contributed by atoms with Gasteiger partial charge in [0.15, 0.2) is 5.13 Å². The zero-order valence-electron chi connectivity index (χ0n) is 10.00. The van der Waals surface area contributed by atoms with Gasteiger partial charge in [0.1, 0.15) is 0 Å². The van der Waals surface area contributed by atoms with Crippen molar-refractivity contribution in [1.82, 2.24) is 10.3 Å². The molecule has 1 rings (SSSR count). The Balaban J connectivity index is 2.47. The number of amides is 2. The predicted octanol–water partition coefficient (Wildman–Crippen LogP) is 3.21. The second kappa shape index (κ2) is 5.12. The Morgan fingerprint density at radius 3 is 2.69 bits per heavy atom. The van der Waals surface area contributed by atoms with Gasteiger partial charge in [0.25, 0.3) is 0 Å². The molecule has 88 valence electrons. The van der Waals surface area contributed by atoms with Gasteiger partial charge >= 0.3 is 6.03 Å². The second-order valence-electron chi connectivity index (χ2n) is 4.51. The highest BCUT2D eigenvalue weighted by atomic mass is 32.1. The molecule has 0 saturated carbocycles. The van der Waals surface area contributed by atoms with Crippen molar-refractivity contribution in [2.24, 2.45) is 5.41 Å². The summed E-state index contributed by atoms with van der Waals surface area (Å²) >= 11 is 1.39. The summed E-state index contributed by atoms with van der Waals surface area (Å²) in [6.07, 6.45) is 3.37. The predicted molar refractivity (Wildman–Crippen MR) is 67.5 cm³/mol. The molecule has 1 aromatic heterocycles. The first-order valence-electron chi connectivity index (χ1n) is 5.04. The third kappa shape index (κ3) is 4.02. The first-order chi connectivity index (χ1) is 7.39. The smallest absolute Gasteiger partial charge is 0.314 e. The van der Waals surface area contributed by atoms with Gasteiger partial charge < -0.3 is 5.32 Å². The highest BCUT2D eigenvalue weighted by molar-refractivity contribution is 7.13. The Morgan fingerprint density at radius 1 is 1.50 bits per heavy atom. The van der Waals surface area contributed by atoms with Gasteiger partial charge in [-0.1, -0.05) is 26.3 Å². The van der Waals surface area contributed by atoms with E-state index < -0.39 is 0 Å². The van der Waals surface area contributed by atoms with E-state index in [1.54, 1.807) is 12.4 Å². The van der Waals surface area contributed by atoms with Crippen LogP contribution in [-0.2, 0) is 0 Å². The average Bonchev–Trinajstić information content (AvgIpc) is 2.65. The molecule has 0 aliphatic rings. The fraction of sp³-hybridized carbons (Fsp3) is 0.455. The van der Waals surface area contributed by atoms with E-state index in [0.717, 1.165) is 5.57 Å². The maximum Gasteiger partial charge on any atom is 0.325 e. The van der Waals surface area contributed by atoms with E-state index in [1.807, 2.05) is 12.3 Å². The topological polar surface area (TPSA) is 54.0 Å². The van der Waals surface area contributed by atoms with Crippen molar-refractivity contribution in [3.8, 4) is 0 Å². The van der Waals surface area contributed by atoms with Crippen LogP contribution in [0, 0.1) is 5.41 Å². The maximum absolute atomic E-state index is 11.4. The molecule has 0 spiro atoms. The number of rotatable bonds is 2. The second-order valence-corrected chi connectivity index (χ2v) is 5.41. The lowest BCUT2D eigenvalue weighted by molar-refractivity contribution is 0.255. The van der Waals surface area contributed by atoms with Crippen molar-refractivity contribution < 1.29 is 4.79 Å². The summed E-state index contributed by atoms with van der Waals surface area (Å²) in [6.45, 7) is 8.28. The summed E-state index contributed by atoms with van der Waals surface area (Å²) in [6, 6.07) is -0.265. The Hall–Kier alpha value is -1.36. The van der Waals surface area contributed by atoms with Gasteiger partial charge in [-0.25, -0.2) is 9.78 Å². The van der Waals surface area contributed by atoms with Crippen LogP contribution in [0.25, 0.3) is 0 Å². The van der Waals surface area contributed by atoms with Crippen molar-refractivity contribution >= 4 is 22.5 Å². The SMILES string of the molecule is C/C(=C\NC(=O)Nc1nccs1)C(C)(C)C. The minimum atomic E-state index is -0.265. The highest BCUT2D eigenvalue weighted by Gasteiger charge is 2.12. The first kappa shape index (κ1) is 12.7. The van der Waals surface area contributed by atoms with Crippen LogP contribution in [0.1, 0.15) is 27.7 Å². The van der Waals surface area contributed by atoms with E-state index in [0.29, 0.717) is 5.13 Å². The van der Waals surface area contributed by atoms with E-state index in [4.69, 9.17) is 0 Å². The Bertz CT molecular complexity index is 376. The van der Waals surface area contributed by atoms with Crippen LogP contribution in [0.4, 0.5) is 9.93 Å². The van der Waals surface area contributed by atoms with Gasteiger partial charge in [-0.2, -0.15) is 0 Å². The molecular formula is C11H17N3OS. The normalized spacial score (nSPS) is 12.4. The van der Waals surface area contributed by atoms with E-state index in [2.05, 4.69) is 36.4 Å². The van der Waals surface area contributed by atoms with E-state index in [9.17, 15) is 4.79 Å². The lowest BCUT2D eigenvalue weighted by Gasteiger charge is -2.19. The maximum atomic E-state index is 11.4. The van der Waals surface area contributed by atoms with Crippen LogP contribution < -0.4 is 10.6 Å². The molecule has 5 heteroatoms. The quantitative estimate of drug-likeness (QED) is 0.832. The molecule has 0 fully saturated rings. The molecule has 0 aliphatic heterocycles. The lowest BCUT2D eigenvalue weighted by Crippen LogP contribution is -2.25. The van der Waals surface area contributed by atoms with Crippen molar-refractivity contribution in [1.29, 1.82) is 0 Å². The molecule has 0 saturated heterocycles. The molecule has 1 heterocycles. The number of nitrogens with one attached hydrogen (secondary N) is 2. The zero-order valence-corrected chi connectivity index (χ0v) is 10.8. The Kier molecular flexibility index (Phi) is 4.06. The number of carbonyl (C=O) groups excluding carboxylic acids is 1. The highest BCUT2D eigenvalue weighted by Crippen LogP contribution is 2.23. The lowest BCUT2D eigenvalue weighted by atomic mass is 9.88. The van der Waals surface area contributed by atoms with Crippen molar-refractivity contribution in [2.75, 3.05) is 5.32 Å². The molecule has 0 radical (unpaired) electrons. The van der Waals surface area contributed by atoms with Gasteiger partial charge in [-0.05, 0) is 12.3 Å². The number of urea groups is 1. The number of allylic oxidation sites excluding steroid dienone is 1. The summed E-state index contributed by atoms with van der Waals surface area (Å²) in [7, 11) is 0. The molecule has 0 aliphatic carbocycles.